The normalized spacial score (nSPS) is 49.3. The number of ether oxygens (including phenoxy) is 2. The second-order valence-electron chi connectivity index (χ2n) is 3.09. The first-order chi connectivity index (χ1) is 6.46. The van der Waals surface area contributed by atoms with Gasteiger partial charge < -0.3 is 29.9 Å². The molecule has 0 spiro atoms. The Bertz CT molecular complexity index is 201. The average Bonchev–Trinajstić information content (AvgIpc) is 2.20. The fourth-order valence-corrected chi connectivity index (χ4v) is 1.25. The smallest absolute Gasteiger partial charge is 0.263 e. The van der Waals surface area contributed by atoms with Gasteiger partial charge in [0.2, 0.25) is 0 Å². The highest BCUT2D eigenvalue weighted by atomic mass is 19.2. The molecule has 0 amide bonds. The van der Waals surface area contributed by atoms with Crippen molar-refractivity contribution in [3.05, 3.63) is 0 Å². The van der Waals surface area contributed by atoms with Gasteiger partial charge in [0.1, 0.15) is 24.9 Å². The van der Waals surface area contributed by atoms with Gasteiger partial charge in [0.05, 0.1) is 0 Å². The number of aliphatic hydroxyl groups is 4. The summed E-state index contributed by atoms with van der Waals surface area (Å²) in [5, 5.41) is 36.2. The predicted molar refractivity (Wildman–Crippen MR) is 40.8 cm³/mol. The van der Waals surface area contributed by atoms with Gasteiger partial charge >= 0.3 is 0 Å². The van der Waals surface area contributed by atoms with Crippen LogP contribution in [0.25, 0.3) is 0 Å². The fourth-order valence-electron chi connectivity index (χ4n) is 1.25. The lowest BCUT2D eigenvalue weighted by molar-refractivity contribution is -0.370. The van der Waals surface area contributed by atoms with Crippen LogP contribution in [0.1, 0.15) is 0 Å². The number of hydrogen-bond donors (Lipinski definition) is 4. The summed E-state index contributed by atoms with van der Waals surface area (Å²) in [5.41, 5.74) is 0. The van der Waals surface area contributed by atoms with Crippen molar-refractivity contribution >= 4 is 0 Å². The maximum absolute atomic E-state index is 13.5. The van der Waals surface area contributed by atoms with Crippen molar-refractivity contribution in [2.24, 2.45) is 0 Å². The van der Waals surface area contributed by atoms with Gasteiger partial charge in [-0.15, -0.1) is 0 Å². The Morgan fingerprint density at radius 2 is 1.93 bits per heavy atom. The SMILES string of the molecule is CO[C@@H]1O[C@](F)(CO)[C@@H](O)[C@H](O)[C@H]1O. The largest absolute Gasteiger partial charge is 0.390 e. The molecule has 6 nitrogen and oxygen atoms in total. The molecule has 1 saturated heterocycles. The summed E-state index contributed by atoms with van der Waals surface area (Å²) in [6.45, 7) is -1.14. The summed E-state index contributed by atoms with van der Waals surface area (Å²) in [6, 6.07) is 0. The molecule has 14 heavy (non-hydrogen) atoms. The lowest BCUT2D eigenvalue weighted by atomic mass is 9.97. The van der Waals surface area contributed by atoms with E-state index >= 15 is 0 Å². The molecule has 0 bridgehead atoms. The lowest BCUT2D eigenvalue weighted by Gasteiger charge is -2.42. The van der Waals surface area contributed by atoms with E-state index in [-0.39, 0.29) is 0 Å². The Balaban J connectivity index is 2.84. The first-order valence-corrected chi connectivity index (χ1v) is 4.01. The Morgan fingerprint density at radius 3 is 2.36 bits per heavy atom. The summed E-state index contributed by atoms with van der Waals surface area (Å²) in [6.07, 6.45) is -6.78. The zero-order chi connectivity index (χ0) is 10.9. The van der Waals surface area contributed by atoms with E-state index in [1.54, 1.807) is 0 Å². The second-order valence-corrected chi connectivity index (χ2v) is 3.09. The van der Waals surface area contributed by atoms with Gasteiger partial charge in [-0.3, -0.25) is 0 Å². The summed E-state index contributed by atoms with van der Waals surface area (Å²) >= 11 is 0. The molecule has 1 aliphatic heterocycles. The molecule has 0 radical (unpaired) electrons. The molecule has 1 heterocycles. The fraction of sp³-hybridized carbons (Fsp3) is 1.00. The van der Waals surface area contributed by atoms with Crippen LogP contribution in [0.4, 0.5) is 4.39 Å². The van der Waals surface area contributed by atoms with Gasteiger partial charge in [-0.2, -0.15) is 0 Å². The molecule has 0 aromatic rings. The maximum atomic E-state index is 13.5. The number of hydrogen-bond acceptors (Lipinski definition) is 6. The molecule has 1 rings (SSSR count). The van der Waals surface area contributed by atoms with Gasteiger partial charge in [0.15, 0.2) is 6.29 Å². The Morgan fingerprint density at radius 1 is 1.36 bits per heavy atom. The van der Waals surface area contributed by atoms with Crippen molar-refractivity contribution < 1.29 is 34.3 Å². The van der Waals surface area contributed by atoms with E-state index in [0.717, 1.165) is 7.11 Å². The molecule has 7 heteroatoms. The third kappa shape index (κ3) is 1.74. The van der Waals surface area contributed by atoms with E-state index in [1.807, 2.05) is 0 Å². The average molecular weight is 212 g/mol. The molecule has 1 aliphatic rings. The molecule has 84 valence electrons. The Hall–Kier alpha value is -0.310. The third-order valence-corrected chi connectivity index (χ3v) is 2.15. The van der Waals surface area contributed by atoms with Crippen LogP contribution in [-0.2, 0) is 9.47 Å². The van der Waals surface area contributed by atoms with Gasteiger partial charge in [0.25, 0.3) is 5.85 Å². The number of aliphatic hydroxyl groups excluding tert-OH is 4. The van der Waals surface area contributed by atoms with E-state index in [9.17, 15) is 14.6 Å². The topological polar surface area (TPSA) is 99.4 Å². The zero-order valence-electron chi connectivity index (χ0n) is 7.50. The number of halogens is 1. The van der Waals surface area contributed by atoms with E-state index in [0.29, 0.717) is 0 Å². The van der Waals surface area contributed by atoms with Crippen molar-refractivity contribution in [3.63, 3.8) is 0 Å². The van der Waals surface area contributed by atoms with E-state index in [2.05, 4.69) is 9.47 Å². The molecular weight excluding hydrogens is 199 g/mol. The van der Waals surface area contributed by atoms with Gasteiger partial charge in [-0.1, -0.05) is 0 Å². The molecule has 1 fully saturated rings. The van der Waals surface area contributed by atoms with Gasteiger partial charge in [-0.25, -0.2) is 4.39 Å². The lowest BCUT2D eigenvalue weighted by Crippen LogP contribution is -2.64. The standard InChI is InChI=1S/C7H13FO6/c1-13-6-4(11)3(10)5(12)7(8,2-9)14-6/h3-6,9-12H,2H2,1H3/t3-,4-,5+,6-,7-/m1/s1. The Kier molecular flexibility index (Phi) is 3.40. The molecule has 4 N–H and O–H groups in total. The van der Waals surface area contributed by atoms with Crippen molar-refractivity contribution in [2.75, 3.05) is 13.7 Å². The van der Waals surface area contributed by atoms with Crippen LogP contribution in [-0.4, -0.2) is 64.6 Å². The number of methoxy groups -OCH3 is 1. The van der Waals surface area contributed by atoms with E-state index in [1.165, 1.54) is 0 Å². The predicted octanol–water partition coefficient (Wildman–Crippen LogP) is -2.27. The Labute approximate surface area is 79.5 Å². The maximum Gasteiger partial charge on any atom is 0.263 e. The molecular formula is C7H13FO6. The van der Waals surface area contributed by atoms with Crippen LogP contribution in [0.2, 0.25) is 0 Å². The summed E-state index contributed by atoms with van der Waals surface area (Å²) in [7, 11) is 1.14. The highest BCUT2D eigenvalue weighted by molar-refractivity contribution is 4.93. The van der Waals surface area contributed by atoms with E-state index < -0.39 is 37.1 Å². The van der Waals surface area contributed by atoms with Crippen LogP contribution in [0.5, 0.6) is 0 Å². The molecule has 5 atom stereocenters. The highest BCUT2D eigenvalue weighted by Crippen LogP contribution is 2.31. The third-order valence-electron chi connectivity index (χ3n) is 2.15. The quantitative estimate of drug-likeness (QED) is 0.412. The summed E-state index contributed by atoms with van der Waals surface area (Å²) < 4.78 is 22.5. The van der Waals surface area contributed by atoms with Crippen LogP contribution >= 0.6 is 0 Å². The van der Waals surface area contributed by atoms with Gasteiger partial charge in [-0.05, 0) is 0 Å². The zero-order valence-corrected chi connectivity index (χ0v) is 7.50. The number of rotatable bonds is 2. The van der Waals surface area contributed by atoms with Crippen LogP contribution in [0, 0.1) is 0 Å². The van der Waals surface area contributed by atoms with Crippen molar-refractivity contribution in [1.82, 2.24) is 0 Å². The van der Waals surface area contributed by atoms with E-state index in [4.69, 9.17) is 10.2 Å². The van der Waals surface area contributed by atoms with Crippen LogP contribution in [0.15, 0.2) is 0 Å². The summed E-state index contributed by atoms with van der Waals surface area (Å²) in [4.78, 5) is 0. The first-order valence-electron chi connectivity index (χ1n) is 4.01. The van der Waals surface area contributed by atoms with Crippen molar-refractivity contribution in [1.29, 1.82) is 0 Å². The van der Waals surface area contributed by atoms with Crippen LogP contribution in [0.3, 0.4) is 0 Å². The number of alkyl halides is 1. The minimum atomic E-state index is -2.82. The monoisotopic (exact) mass is 212 g/mol. The first kappa shape index (κ1) is 11.8. The molecule has 0 aliphatic carbocycles. The molecule has 0 saturated carbocycles. The van der Waals surface area contributed by atoms with Crippen LogP contribution < -0.4 is 0 Å². The minimum Gasteiger partial charge on any atom is -0.390 e. The molecule has 0 aromatic heterocycles. The second kappa shape index (κ2) is 4.05. The van der Waals surface area contributed by atoms with Gasteiger partial charge in [0, 0.05) is 7.11 Å². The minimum absolute atomic E-state index is 1.14. The van der Waals surface area contributed by atoms with Crippen molar-refractivity contribution in [3.8, 4) is 0 Å². The molecule has 0 unspecified atom stereocenters. The molecule has 0 aromatic carbocycles. The van der Waals surface area contributed by atoms with Crippen molar-refractivity contribution in [2.45, 2.75) is 30.5 Å². The summed E-state index contributed by atoms with van der Waals surface area (Å²) in [5.74, 6) is -2.82. The highest BCUT2D eigenvalue weighted by Gasteiger charge is 2.54.